The molecule has 0 bridgehead atoms. The Bertz CT molecular complexity index is 1200. The molecule has 0 aromatic carbocycles. The van der Waals surface area contributed by atoms with E-state index in [9.17, 15) is 13.2 Å². The average Bonchev–Trinajstić information content (AvgIpc) is 3.42. The molecule has 4 rings (SSSR count). The van der Waals surface area contributed by atoms with Crippen molar-refractivity contribution < 1.29 is 13.2 Å². The number of ether oxygens (including phenoxy) is 1. The normalized spacial score (nSPS) is 19.6. The maximum Gasteiger partial charge on any atom is 0.267 e. The van der Waals surface area contributed by atoms with Gasteiger partial charge in [-0.1, -0.05) is 13.8 Å². The first-order chi connectivity index (χ1) is 14.3. The Morgan fingerprint density at radius 3 is 2.73 bits per heavy atom. The third-order valence-electron chi connectivity index (χ3n) is 4.90. The molecule has 0 aliphatic carbocycles. The minimum atomic E-state index is -3.91. The standard InChI is InChI=1S/C18H23N7O4S/c1-12(2)18-20-16(9-23(18)3)30(27,28)22-13-10-29-11-14(13)25-17(26)6-5-15(21-25)24-8-4-7-19-24/h4-9,12-14,22H,10-11H2,1-3H3. The number of nitrogens with one attached hydrogen (secondary N) is 1. The molecule has 3 aromatic heterocycles. The number of hydrogen-bond acceptors (Lipinski definition) is 7. The molecule has 0 saturated carbocycles. The van der Waals surface area contributed by atoms with Crippen molar-refractivity contribution in [3.05, 3.63) is 53.0 Å². The summed E-state index contributed by atoms with van der Waals surface area (Å²) in [6.45, 7) is 4.16. The quantitative estimate of drug-likeness (QED) is 0.589. The highest BCUT2D eigenvalue weighted by atomic mass is 32.2. The van der Waals surface area contributed by atoms with Gasteiger partial charge in [0.2, 0.25) is 0 Å². The van der Waals surface area contributed by atoms with E-state index in [1.807, 2.05) is 13.8 Å². The number of nitrogens with zero attached hydrogens (tertiary/aromatic N) is 6. The van der Waals surface area contributed by atoms with Gasteiger partial charge in [-0.2, -0.15) is 5.10 Å². The highest BCUT2D eigenvalue weighted by Gasteiger charge is 2.36. The van der Waals surface area contributed by atoms with Crippen molar-refractivity contribution in [2.24, 2.45) is 7.05 Å². The molecule has 0 spiro atoms. The van der Waals surface area contributed by atoms with Crippen LogP contribution in [0, 0.1) is 0 Å². The van der Waals surface area contributed by atoms with E-state index in [0.29, 0.717) is 11.6 Å². The van der Waals surface area contributed by atoms with E-state index >= 15 is 0 Å². The maximum absolute atomic E-state index is 12.9. The molecule has 2 atom stereocenters. The topological polar surface area (TPSA) is 126 Å². The van der Waals surface area contributed by atoms with Gasteiger partial charge in [0.15, 0.2) is 10.8 Å². The van der Waals surface area contributed by atoms with Crippen molar-refractivity contribution in [2.75, 3.05) is 13.2 Å². The summed E-state index contributed by atoms with van der Waals surface area (Å²) in [7, 11) is -2.15. The monoisotopic (exact) mass is 433 g/mol. The van der Waals surface area contributed by atoms with Crippen LogP contribution >= 0.6 is 0 Å². The van der Waals surface area contributed by atoms with Gasteiger partial charge in [-0.15, -0.1) is 5.10 Å². The first-order valence-corrected chi connectivity index (χ1v) is 11.0. The molecular formula is C18H23N7O4S. The largest absolute Gasteiger partial charge is 0.377 e. The van der Waals surface area contributed by atoms with Gasteiger partial charge < -0.3 is 9.30 Å². The SMILES string of the molecule is CC(C)c1nc(S(=O)(=O)NC2COCC2n2nc(-n3cccn3)ccc2=O)cn1C. The predicted molar refractivity (Wildman–Crippen MR) is 107 cm³/mol. The van der Waals surface area contributed by atoms with Crippen molar-refractivity contribution in [1.29, 1.82) is 0 Å². The molecule has 4 heterocycles. The zero-order chi connectivity index (χ0) is 21.5. The summed E-state index contributed by atoms with van der Waals surface area (Å²) in [6, 6.07) is 3.41. The number of imidazole rings is 1. The summed E-state index contributed by atoms with van der Waals surface area (Å²) in [5.74, 6) is 1.19. The van der Waals surface area contributed by atoms with Crippen LogP contribution in [0.15, 0.2) is 46.6 Å². The van der Waals surface area contributed by atoms with Crippen LogP contribution in [0.1, 0.15) is 31.6 Å². The van der Waals surface area contributed by atoms with Gasteiger partial charge in [-0.25, -0.2) is 27.5 Å². The van der Waals surface area contributed by atoms with Crippen LogP contribution < -0.4 is 10.3 Å². The van der Waals surface area contributed by atoms with E-state index in [0.717, 1.165) is 0 Å². The fourth-order valence-corrected chi connectivity index (χ4v) is 4.71. The van der Waals surface area contributed by atoms with Crippen molar-refractivity contribution in [3.63, 3.8) is 0 Å². The van der Waals surface area contributed by atoms with Crippen LogP contribution in [0.4, 0.5) is 0 Å². The second kappa shape index (κ2) is 7.78. The summed E-state index contributed by atoms with van der Waals surface area (Å²) in [5, 5.41) is 8.41. The van der Waals surface area contributed by atoms with E-state index < -0.39 is 22.1 Å². The molecule has 1 aliphatic rings. The highest BCUT2D eigenvalue weighted by Crippen LogP contribution is 2.21. The number of aryl methyl sites for hydroxylation is 1. The Morgan fingerprint density at radius 2 is 2.07 bits per heavy atom. The molecule has 160 valence electrons. The van der Waals surface area contributed by atoms with Crippen LogP contribution in [0.3, 0.4) is 0 Å². The van der Waals surface area contributed by atoms with Gasteiger partial charge in [-0.3, -0.25) is 4.79 Å². The fraction of sp³-hybridized carbons (Fsp3) is 0.444. The lowest BCUT2D eigenvalue weighted by Gasteiger charge is -2.20. The van der Waals surface area contributed by atoms with Crippen LogP contribution in [-0.4, -0.2) is 56.8 Å². The minimum absolute atomic E-state index is 0.0649. The zero-order valence-corrected chi connectivity index (χ0v) is 17.7. The van der Waals surface area contributed by atoms with E-state index in [1.165, 1.54) is 21.6 Å². The van der Waals surface area contributed by atoms with E-state index in [-0.39, 0.29) is 29.7 Å². The Balaban J connectivity index is 1.62. The van der Waals surface area contributed by atoms with Gasteiger partial charge >= 0.3 is 0 Å². The second-order valence-electron chi connectivity index (χ2n) is 7.46. The molecule has 1 saturated heterocycles. The predicted octanol–water partition coefficient (Wildman–Crippen LogP) is 0.204. The molecule has 3 aromatic rings. The molecule has 12 heteroatoms. The Labute approximate surface area is 173 Å². The van der Waals surface area contributed by atoms with Gasteiger partial charge in [0.05, 0.1) is 25.3 Å². The number of rotatable bonds is 6. The average molecular weight is 433 g/mol. The van der Waals surface area contributed by atoms with Gasteiger partial charge in [-0.05, 0) is 12.1 Å². The van der Waals surface area contributed by atoms with Gasteiger partial charge in [0, 0.05) is 37.6 Å². The van der Waals surface area contributed by atoms with Crippen molar-refractivity contribution in [2.45, 2.75) is 36.9 Å². The highest BCUT2D eigenvalue weighted by molar-refractivity contribution is 7.89. The lowest BCUT2D eigenvalue weighted by atomic mass is 10.2. The molecule has 0 radical (unpaired) electrons. The van der Waals surface area contributed by atoms with E-state index in [2.05, 4.69) is 19.9 Å². The van der Waals surface area contributed by atoms with E-state index in [4.69, 9.17) is 4.74 Å². The van der Waals surface area contributed by atoms with Crippen molar-refractivity contribution in [1.82, 2.24) is 33.8 Å². The summed E-state index contributed by atoms with van der Waals surface area (Å²) >= 11 is 0. The smallest absolute Gasteiger partial charge is 0.267 e. The summed E-state index contributed by atoms with van der Waals surface area (Å²) in [6.07, 6.45) is 4.78. The van der Waals surface area contributed by atoms with Crippen molar-refractivity contribution in [3.8, 4) is 5.82 Å². The summed E-state index contributed by atoms with van der Waals surface area (Å²) in [5.41, 5.74) is -0.356. The lowest BCUT2D eigenvalue weighted by molar-refractivity contribution is 0.181. The third kappa shape index (κ3) is 3.80. The molecular weight excluding hydrogens is 410 g/mol. The second-order valence-corrected chi connectivity index (χ2v) is 9.12. The Morgan fingerprint density at radius 1 is 1.27 bits per heavy atom. The molecule has 1 fully saturated rings. The van der Waals surface area contributed by atoms with Crippen LogP contribution in [0.25, 0.3) is 5.82 Å². The summed E-state index contributed by atoms with van der Waals surface area (Å²) in [4.78, 5) is 16.7. The van der Waals surface area contributed by atoms with E-state index in [1.54, 1.807) is 36.1 Å². The lowest BCUT2D eigenvalue weighted by Crippen LogP contribution is -2.44. The maximum atomic E-state index is 12.9. The van der Waals surface area contributed by atoms with Gasteiger partial charge in [0.1, 0.15) is 5.82 Å². The fourth-order valence-electron chi connectivity index (χ4n) is 3.45. The molecule has 2 unspecified atom stereocenters. The van der Waals surface area contributed by atoms with Crippen molar-refractivity contribution >= 4 is 10.0 Å². The first kappa shape index (κ1) is 20.4. The Hall–Kier alpha value is -2.83. The first-order valence-electron chi connectivity index (χ1n) is 9.49. The molecule has 0 amide bonds. The number of hydrogen-bond donors (Lipinski definition) is 1. The molecule has 30 heavy (non-hydrogen) atoms. The van der Waals surface area contributed by atoms with Gasteiger partial charge in [0.25, 0.3) is 15.6 Å². The summed E-state index contributed by atoms with van der Waals surface area (Å²) < 4.78 is 38.4. The molecule has 11 nitrogen and oxygen atoms in total. The minimum Gasteiger partial charge on any atom is -0.377 e. The number of aromatic nitrogens is 6. The molecule has 1 aliphatic heterocycles. The van der Waals surface area contributed by atoms with Crippen LogP contribution in [0.2, 0.25) is 0 Å². The zero-order valence-electron chi connectivity index (χ0n) is 16.8. The Kier molecular flexibility index (Phi) is 5.30. The van der Waals surface area contributed by atoms with Crippen LogP contribution in [0.5, 0.6) is 0 Å². The van der Waals surface area contributed by atoms with Crippen LogP contribution in [-0.2, 0) is 21.8 Å². The third-order valence-corrected chi connectivity index (χ3v) is 6.26. The number of sulfonamides is 1. The molecule has 1 N–H and O–H groups in total.